The Morgan fingerprint density at radius 3 is 2.55 bits per heavy atom. The predicted octanol–water partition coefficient (Wildman–Crippen LogP) is 5.77. The largest absolute Gasteiger partial charge is 0.244 e. The summed E-state index contributed by atoms with van der Waals surface area (Å²) in [5, 5.41) is 3.04. The molecular weight excluding hydrogens is 286 g/mol. The average molecular weight is 296 g/mol. The Kier molecular flexibility index (Phi) is 2.72. The number of hydrogen-bond donors (Lipinski definition) is 0. The molecule has 0 bridgehead atoms. The fourth-order valence-corrected chi connectivity index (χ4v) is 3.53. The molecule has 1 aromatic heterocycles. The van der Waals surface area contributed by atoms with E-state index in [1.165, 1.54) is 15.6 Å². The van der Waals surface area contributed by atoms with Crippen molar-refractivity contribution in [1.29, 1.82) is 0 Å². The Hall–Kier alpha value is -1.90. The van der Waals surface area contributed by atoms with E-state index < -0.39 is 0 Å². The van der Waals surface area contributed by atoms with Crippen molar-refractivity contribution >= 4 is 43.9 Å². The minimum atomic E-state index is 0.787. The van der Waals surface area contributed by atoms with Crippen LogP contribution in [-0.2, 0) is 0 Å². The number of para-hydroxylation sites is 1. The molecule has 1 heterocycles. The molecule has 0 saturated carbocycles. The molecule has 0 aliphatic heterocycles. The van der Waals surface area contributed by atoms with Crippen LogP contribution < -0.4 is 0 Å². The molecule has 0 unspecified atom stereocenters. The summed E-state index contributed by atoms with van der Waals surface area (Å²) in [4.78, 5) is 4.51. The molecule has 0 spiro atoms. The van der Waals surface area contributed by atoms with Crippen molar-refractivity contribution in [3.05, 3.63) is 65.1 Å². The maximum absolute atomic E-state index is 6.30. The third kappa shape index (κ3) is 1.73. The first kappa shape index (κ1) is 11.9. The van der Waals surface area contributed by atoms with E-state index in [0.717, 1.165) is 21.5 Å². The van der Waals surface area contributed by atoms with E-state index in [4.69, 9.17) is 11.6 Å². The van der Waals surface area contributed by atoms with Gasteiger partial charge in [-0.05, 0) is 23.1 Å². The van der Waals surface area contributed by atoms with Gasteiger partial charge in [-0.1, -0.05) is 54.1 Å². The maximum Gasteiger partial charge on any atom is 0.0890 e. The minimum Gasteiger partial charge on any atom is -0.244 e. The summed E-state index contributed by atoms with van der Waals surface area (Å²) in [6.45, 7) is 0. The first-order valence-electron chi connectivity index (χ1n) is 6.34. The van der Waals surface area contributed by atoms with Crippen molar-refractivity contribution in [3.63, 3.8) is 0 Å². The zero-order valence-corrected chi connectivity index (χ0v) is 12.1. The molecule has 1 nitrogen and oxygen atoms in total. The maximum atomic E-state index is 6.30. The van der Waals surface area contributed by atoms with E-state index in [-0.39, 0.29) is 0 Å². The summed E-state index contributed by atoms with van der Waals surface area (Å²) >= 11 is 7.97. The third-order valence-corrected chi connectivity index (χ3v) is 4.65. The molecule has 0 aliphatic carbocycles. The smallest absolute Gasteiger partial charge is 0.0890 e. The summed E-state index contributed by atoms with van der Waals surface area (Å²) in [6.07, 6.45) is 0. The van der Waals surface area contributed by atoms with Crippen molar-refractivity contribution in [2.75, 3.05) is 0 Å². The lowest BCUT2D eigenvalue weighted by Crippen LogP contribution is -1.84. The van der Waals surface area contributed by atoms with Crippen molar-refractivity contribution < 1.29 is 0 Å². The lowest BCUT2D eigenvalue weighted by Gasteiger charge is -2.09. The average Bonchev–Trinajstić information content (AvgIpc) is 2.97. The Balaban J connectivity index is 2.13. The van der Waals surface area contributed by atoms with Crippen LogP contribution in [0.15, 0.2) is 60.1 Å². The van der Waals surface area contributed by atoms with E-state index >= 15 is 0 Å². The molecule has 4 rings (SSSR count). The number of benzene rings is 3. The van der Waals surface area contributed by atoms with Crippen LogP contribution in [0.2, 0.25) is 5.02 Å². The number of nitrogens with zero attached hydrogens (tertiary/aromatic N) is 1. The Morgan fingerprint density at radius 1 is 0.800 bits per heavy atom. The fraction of sp³-hybridized carbons (Fsp3) is 0. The van der Waals surface area contributed by atoms with Gasteiger partial charge in [0.15, 0.2) is 0 Å². The number of halogens is 1. The summed E-state index contributed by atoms with van der Waals surface area (Å²) in [6, 6.07) is 18.6. The lowest BCUT2D eigenvalue weighted by molar-refractivity contribution is 1.50. The van der Waals surface area contributed by atoms with Crippen LogP contribution in [0.25, 0.3) is 32.1 Å². The molecule has 20 heavy (non-hydrogen) atoms. The van der Waals surface area contributed by atoms with Crippen molar-refractivity contribution in [2.24, 2.45) is 0 Å². The van der Waals surface area contributed by atoms with E-state index in [1.54, 1.807) is 11.3 Å². The van der Waals surface area contributed by atoms with Gasteiger partial charge in [-0.25, -0.2) is 4.98 Å². The van der Waals surface area contributed by atoms with E-state index in [9.17, 15) is 0 Å². The SMILES string of the molecule is Clc1ccc(-c2cccc3scnc23)c2ccccc12. The van der Waals surface area contributed by atoms with E-state index in [2.05, 4.69) is 41.4 Å². The molecular formula is C17H10ClNS. The molecule has 3 heteroatoms. The second kappa shape index (κ2) is 4.58. The van der Waals surface area contributed by atoms with Gasteiger partial charge in [-0.3, -0.25) is 0 Å². The van der Waals surface area contributed by atoms with Gasteiger partial charge in [-0.2, -0.15) is 0 Å². The molecule has 0 N–H and O–H groups in total. The zero-order valence-electron chi connectivity index (χ0n) is 10.5. The van der Waals surface area contributed by atoms with Crippen molar-refractivity contribution in [1.82, 2.24) is 4.98 Å². The van der Waals surface area contributed by atoms with Crippen molar-refractivity contribution in [3.8, 4) is 11.1 Å². The monoisotopic (exact) mass is 295 g/mol. The van der Waals surface area contributed by atoms with Crippen LogP contribution in [0.3, 0.4) is 0 Å². The summed E-state index contributed by atoms with van der Waals surface area (Å²) in [5.74, 6) is 0. The van der Waals surface area contributed by atoms with Gasteiger partial charge in [0.1, 0.15) is 0 Å². The van der Waals surface area contributed by atoms with Crippen molar-refractivity contribution in [2.45, 2.75) is 0 Å². The van der Waals surface area contributed by atoms with Crippen LogP contribution in [0.1, 0.15) is 0 Å². The number of fused-ring (bicyclic) bond motifs is 2. The van der Waals surface area contributed by atoms with Gasteiger partial charge in [0.05, 0.1) is 15.7 Å². The quantitative estimate of drug-likeness (QED) is 0.434. The number of aromatic nitrogens is 1. The van der Waals surface area contributed by atoms with Crippen LogP contribution in [-0.4, -0.2) is 4.98 Å². The van der Waals surface area contributed by atoms with Crippen LogP contribution >= 0.6 is 22.9 Å². The molecule has 3 aromatic carbocycles. The number of hydrogen-bond acceptors (Lipinski definition) is 2. The first-order valence-corrected chi connectivity index (χ1v) is 7.60. The Morgan fingerprint density at radius 2 is 1.65 bits per heavy atom. The Labute approximate surface area is 125 Å². The highest BCUT2D eigenvalue weighted by Gasteiger charge is 2.10. The van der Waals surface area contributed by atoms with Gasteiger partial charge in [0.25, 0.3) is 0 Å². The highest BCUT2D eigenvalue weighted by Crippen LogP contribution is 2.36. The molecule has 0 radical (unpaired) electrons. The predicted molar refractivity (Wildman–Crippen MR) is 87.6 cm³/mol. The van der Waals surface area contributed by atoms with Gasteiger partial charge in [0, 0.05) is 16.0 Å². The highest BCUT2D eigenvalue weighted by molar-refractivity contribution is 7.16. The molecule has 4 aromatic rings. The second-order valence-electron chi connectivity index (χ2n) is 4.65. The van der Waals surface area contributed by atoms with Gasteiger partial charge in [0.2, 0.25) is 0 Å². The van der Waals surface area contributed by atoms with Gasteiger partial charge < -0.3 is 0 Å². The first-order chi connectivity index (χ1) is 9.84. The Bertz CT molecular complexity index is 926. The zero-order chi connectivity index (χ0) is 13.5. The molecule has 0 saturated heterocycles. The number of rotatable bonds is 1. The van der Waals surface area contributed by atoms with Gasteiger partial charge >= 0.3 is 0 Å². The van der Waals surface area contributed by atoms with Crippen LogP contribution in [0.5, 0.6) is 0 Å². The topological polar surface area (TPSA) is 12.9 Å². The van der Waals surface area contributed by atoms with Crippen LogP contribution in [0, 0.1) is 0 Å². The molecule has 96 valence electrons. The normalized spacial score (nSPS) is 11.2. The molecule has 0 fully saturated rings. The summed E-state index contributed by atoms with van der Waals surface area (Å²) in [5.41, 5.74) is 5.30. The highest BCUT2D eigenvalue weighted by atomic mass is 35.5. The summed E-state index contributed by atoms with van der Waals surface area (Å²) < 4.78 is 1.21. The third-order valence-electron chi connectivity index (χ3n) is 3.52. The van der Waals surface area contributed by atoms with E-state index in [0.29, 0.717) is 0 Å². The summed E-state index contributed by atoms with van der Waals surface area (Å²) in [7, 11) is 0. The minimum absolute atomic E-state index is 0.787. The fourth-order valence-electron chi connectivity index (χ4n) is 2.60. The van der Waals surface area contributed by atoms with Crippen LogP contribution in [0.4, 0.5) is 0 Å². The van der Waals surface area contributed by atoms with Gasteiger partial charge in [-0.15, -0.1) is 11.3 Å². The van der Waals surface area contributed by atoms with E-state index in [1.807, 2.05) is 23.7 Å². The number of thiazole rings is 1. The second-order valence-corrected chi connectivity index (χ2v) is 5.94. The molecule has 0 atom stereocenters. The standard InChI is InChI=1S/C17H10ClNS/c18-15-9-8-12(11-4-1-2-5-13(11)15)14-6-3-7-16-17(14)19-10-20-16/h1-10H. The lowest BCUT2D eigenvalue weighted by atomic mass is 9.97. The molecule has 0 aliphatic rings. The molecule has 0 amide bonds.